The number of nitrogens with zero attached hydrogens (tertiary/aromatic N) is 1. The molecule has 0 saturated carbocycles. The van der Waals surface area contributed by atoms with Crippen LogP contribution in [0.2, 0.25) is 0 Å². The van der Waals surface area contributed by atoms with Gasteiger partial charge in [-0.2, -0.15) is 0 Å². The molecule has 8 heteroatoms. The van der Waals surface area contributed by atoms with Crippen molar-refractivity contribution >= 4 is 44.3 Å². The Kier molecular flexibility index (Phi) is 5.73. The molecule has 0 atom stereocenters. The summed E-state index contributed by atoms with van der Waals surface area (Å²) in [7, 11) is 1.53. The number of benzene rings is 1. The van der Waals surface area contributed by atoms with Crippen molar-refractivity contribution in [1.29, 1.82) is 0 Å². The van der Waals surface area contributed by atoms with E-state index in [4.69, 9.17) is 9.47 Å². The molecular weight excluding hydrogens is 384 g/mol. The van der Waals surface area contributed by atoms with Gasteiger partial charge in [0.05, 0.1) is 25.0 Å². The van der Waals surface area contributed by atoms with Gasteiger partial charge < -0.3 is 9.47 Å². The topological polar surface area (TPSA) is 77.5 Å². The van der Waals surface area contributed by atoms with Gasteiger partial charge in [-0.3, -0.25) is 10.1 Å². The zero-order valence-corrected chi connectivity index (χ0v) is 15.2. The lowest BCUT2D eigenvalue weighted by molar-refractivity contribution is 0.0531. The second-order valence-electron chi connectivity index (χ2n) is 4.45. The molecule has 0 aliphatic carbocycles. The van der Waals surface area contributed by atoms with Crippen molar-refractivity contribution in [3.63, 3.8) is 0 Å². The molecule has 0 aliphatic heterocycles. The molecule has 1 aromatic carbocycles. The number of esters is 1. The molecule has 2 rings (SSSR count). The van der Waals surface area contributed by atoms with Crippen LogP contribution in [0.15, 0.2) is 22.7 Å². The molecule has 2 aromatic rings. The van der Waals surface area contributed by atoms with Crippen LogP contribution in [-0.4, -0.2) is 30.6 Å². The number of nitrogens with one attached hydrogen (secondary N) is 1. The summed E-state index contributed by atoms with van der Waals surface area (Å²) in [5.41, 5.74) is 0.934. The highest BCUT2D eigenvalue weighted by molar-refractivity contribution is 9.10. The zero-order valence-electron chi connectivity index (χ0n) is 12.8. The number of rotatable bonds is 5. The lowest BCUT2D eigenvalue weighted by Crippen LogP contribution is -2.12. The van der Waals surface area contributed by atoms with Crippen molar-refractivity contribution in [3.8, 4) is 5.75 Å². The Morgan fingerprint density at radius 2 is 2.13 bits per heavy atom. The number of ether oxygens (including phenoxy) is 2. The first-order chi connectivity index (χ1) is 11.0. The Balaban J connectivity index is 2.21. The predicted octanol–water partition coefficient (Wildman–Crippen LogP) is 3.65. The minimum absolute atomic E-state index is 0.286. The predicted molar refractivity (Wildman–Crippen MR) is 91.5 cm³/mol. The lowest BCUT2D eigenvalue weighted by atomic mass is 10.2. The molecular formula is C15H15BrN2O4S. The monoisotopic (exact) mass is 398 g/mol. The summed E-state index contributed by atoms with van der Waals surface area (Å²) in [6.45, 7) is 3.71. The van der Waals surface area contributed by atoms with Crippen molar-refractivity contribution in [2.75, 3.05) is 19.0 Å². The molecule has 0 radical (unpaired) electrons. The molecule has 23 heavy (non-hydrogen) atoms. The van der Waals surface area contributed by atoms with Gasteiger partial charge in [-0.1, -0.05) is 11.3 Å². The fourth-order valence-corrected chi connectivity index (χ4v) is 3.09. The fraction of sp³-hybridized carbons (Fsp3) is 0.267. The molecule has 1 heterocycles. The average Bonchev–Trinajstić information content (AvgIpc) is 2.88. The van der Waals surface area contributed by atoms with Crippen LogP contribution >= 0.6 is 27.3 Å². The standard InChI is InChI=1S/C15H15BrN2O4S/c1-4-22-14(20)12-8(2)17-15(23-12)18-13(19)10-7-9(21-3)5-6-11(10)16/h5-7H,4H2,1-3H3,(H,17,18,19). The minimum Gasteiger partial charge on any atom is -0.497 e. The van der Waals surface area contributed by atoms with Crippen LogP contribution < -0.4 is 10.1 Å². The summed E-state index contributed by atoms with van der Waals surface area (Å²) < 4.78 is 10.7. The average molecular weight is 399 g/mol. The molecule has 122 valence electrons. The number of aromatic nitrogens is 1. The summed E-state index contributed by atoms with van der Waals surface area (Å²) in [4.78, 5) is 28.7. The van der Waals surface area contributed by atoms with E-state index in [-0.39, 0.29) is 12.5 Å². The Hall–Kier alpha value is -1.93. The maximum absolute atomic E-state index is 12.4. The third kappa shape index (κ3) is 4.08. The van der Waals surface area contributed by atoms with E-state index in [1.54, 1.807) is 32.0 Å². The van der Waals surface area contributed by atoms with E-state index < -0.39 is 5.97 Å². The van der Waals surface area contributed by atoms with Gasteiger partial charge in [-0.25, -0.2) is 9.78 Å². The van der Waals surface area contributed by atoms with Gasteiger partial charge in [0.2, 0.25) is 0 Å². The third-order valence-corrected chi connectivity index (χ3v) is 4.64. The van der Waals surface area contributed by atoms with Gasteiger partial charge in [0.25, 0.3) is 5.91 Å². The number of hydrogen-bond acceptors (Lipinski definition) is 6. The Morgan fingerprint density at radius 1 is 1.39 bits per heavy atom. The first-order valence-corrected chi connectivity index (χ1v) is 8.36. The molecule has 6 nitrogen and oxygen atoms in total. The largest absolute Gasteiger partial charge is 0.497 e. The second-order valence-corrected chi connectivity index (χ2v) is 6.31. The molecule has 1 amide bonds. The summed E-state index contributed by atoms with van der Waals surface area (Å²) in [6, 6.07) is 5.09. The van der Waals surface area contributed by atoms with Crippen molar-refractivity contribution in [2.24, 2.45) is 0 Å². The highest BCUT2D eigenvalue weighted by Crippen LogP contribution is 2.26. The highest BCUT2D eigenvalue weighted by Gasteiger charge is 2.19. The van der Waals surface area contributed by atoms with Crippen LogP contribution in [0.25, 0.3) is 0 Å². The number of amides is 1. The van der Waals surface area contributed by atoms with Crippen LogP contribution in [0, 0.1) is 6.92 Å². The van der Waals surface area contributed by atoms with Gasteiger partial charge in [0.15, 0.2) is 5.13 Å². The number of aryl methyl sites for hydroxylation is 1. The molecule has 0 saturated heterocycles. The van der Waals surface area contributed by atoms with Gasteiger partial charge in [-0.05, 0) is 48.0 Å². The quantitative estimate of drug-likeness (QED) is 0.777. The van der Waals surface area contributed by atoms with Gasteiger partial charge in [0.1, 0.15) is 10.6 Å². The van der Waals surface area contributed by atoms with E-state index >= 15 is 0 Å². The Labute approximate surface area is 146 Å². The summed E-state index contributed by atoms with van der Waals surface area (Å²) in [5, 5.41) is 3.02. The van der Waals surface area contributed by atoms with Crippen LogP contribution in [-0.2, 0) is 4.74 Å². The van der Waals surface area contributed by atoms with Crippen LogP contribution in [0.3, 0.4) is 0 Å². The maximum atomic E-state index is 12.4. The van der Waals surface area contributed by atoms with Crippen LogP contribution in [0.1, 0.15) is 32.6 Å². The minimum atomic E-state index is -0.439. The molecule has 0 fully saturated rings. The number of thiazole rings is 1. The first-order valence-electron chi connectivity index (χ1n) is 6.75. The number of anilines is 1. The number of halogens is 1. The van der Waals surface area contributed by atoms with E-state index in [9.17, 15) is 9.59 Å². The lowest BCUT2D eigenvalue weighted by Gasteiger charge is -2.06. The third-order valence-electron chi connectivity index (χ3n) is 2.90. The molecule has 1 aromatic heterocycles. The second kappa shape index (κ2) is 7.56. The normalized spacial score (nSPS) is 10.3. The molecule has 0 unspecified atom stereocenters. The van der Waals surface area contributed by atoms with Crippen molar-refractivity contribution < 1.29 is 19.1 Å². The first kappa shape index (κ1) is 17.4. The van der Waals surface area contributed by atoms with Crippen molar-refractivity contribution in [3.05, 3.63) is 38.8 Å². The SMILES string of the molecule is CCOC(=O)c1sc(NC(=O)c2cc(OC)ccc2Br)nc1C. The molecule has 0 aliphatic rings. The van der Waals surface area contributed by atoms with Gasteiger partial charge in [0, 0.05) is 4.47 Å². The van der Waals surface area contributed by atoms with E-state index in [1.165, 1.54) is 7.11 Å². The number of methoxy groups -OCH3 is 1. The highest BCUT2D eigenvalue weighted by atomic mass is 79.9. The summed E-state index contributed by atoms with van der Waals surface area (Å²) in [5.74, 6) is -0.216. The molecule has 0 bridgehead atoms. The fourth-order valence-electron chi connectivity index (χ4n) is 1.81. The van der Waals surface area contributed by atoms with E-state index in [2.05, 4.69) is 26.2 Å². The van der Waals surface area contributed by atoms with Gasteiger partial charge >= 0.3 is 5.97 Å². The maximum Gasteiger partial charge on any atom is 0.350 e. The van der Waals surface area contributed by atoms with Crippen molar-refractivity contribution in [2.45, 2.75) is 13.8 Å². The number of hydrogen-bond donors (Lipinski definition) is 1. The van der Waals surface area contributed by atoms with E-state index in [0.29, 0.717) is 31.5 Å². The Bertz CT molecular complexity index is 745. The van der Waals surface area contributed by atoms with Crippen LogP contribution in [0.5, 0.6) is 5.75 Å². The summed E-state index contributed by atoms with van der Waals surface area (Å²) in [6.07, 6.45) is 0. The van der Waals surface area contributed by atoms with E-state index in [0.717, 1.165) is 11.3 Å². The molecule has 1 N–H and O–H groups in total. The van der Waals surface area contributed by atoms with Gasteiger partial charge in [-0.15, -0.1) is 0 Å². The Morgan fingerprint density at radius 3 is 2.78 bits per heavy atom. The van der Waals surface area contributed by atoms with Crippen LogP contribution in [0.4, 0.5) is 5.13 Å². The molecule has 0 spiro atoms. The van der Waals surface area contributed by atoms with Crippen molar-refractivity contribution in [1.82, 2.24) is 4.98 Å². The number of carbonyl (C=O) groups is 2. The number of carbonyl (C=O) groups excluding carboxylic acids is 2. The smallest absolute Gasteiger partial charge is 0.350 e. The summed E-state index contributed by atoms with van der Waals surface area (Å²) >= 11 is 4.41. The zero-order chi connectivity index (χ0) is 17.0. The van der Waals surface area contributed by atoms with E-state index in [1.807, 2.05) is 0 Å².